The molecule has 0 bridgehead atoms. The lowest BCUT2D eigenvalue weighted by Crippen LogP contribution is -2.44. The van der Waals surface area contributed by atoms with E-state index in [0.717, 1.165) is 69.2 Å². The number of nitrogens with one attached hydrogen (secondary N) is 1. The minimum atomic E-state index is 0.795. The van der Waals surface area contributed by atoms with E-state index in [9.17, 15) is 0 Å². The molecule has 3 rings (SSSR count). The summed E-state index contributed by atoms with van der Waals surface area (Å²) in [5.41, 5.74) is 2.63. The van der Waals surface area contributed by atoms with Gasteiger partial charge in [-0.3, -0.25) is 9.89 Å². The summed E-state index contributed by atoms with van der Waals surface area (Å²) >= 11 is 0. The Bertz CT molecular complexity index is 658. The molecule has 1 aromatic rings. The Kier molecular flexibility index (Phi) is 6.83. The number of nitrogens with zero attached hydrogens (tertiary/aromatic N) is 3. The van der Waals surface area contributed by atoms with Gasteiger partial charge in [-0.05, 0) is 56.0 Å². The molecular formula is C21H34N4O2. The van der Waals surface area contributed by atoms with Crippen LogP contribution in [0.1, 0.15) is 37.8 Å². The van der Waals surface area contributed by atoms with Crippen molar-refractivity contribution in [1.82, 2.24) is 15.1 Å². The molecule has 0 amide bonds. The third-order valence-corrected chi connectivity index (χ3v) is 5.47. The molecule has 1 aromatic carbocycles. The highest BCUT2D eigenvalue weighted by atomic mass is 16.5. The summed E-state index contributed by atoms with van der Waals surface area (Å²) in [5.74, 6) is 2.62. The Morgan fingerprint density at radius 1 is 1.19 bits per heavy atom. The van der Waals surface area contributed by atoms with Gasteiger partial charge in [0.15, 0.2) is 17.5 Å². The molecule has 6 heteroatoms. The quantitative estimate of drug-likeness (QED) is 0.560. The first-order valence-corrected chi connectivity index (χ1v) is 10.2. The molecule has 6 nitrogen and oxygen atoms in total. The highest BCUT2D eigenvalue weighted by molar-refractivity contribution is 5.80. The van der Waals surface area contributed by atoms with Crippen molar-refractivity contribution in [3.05, 3.63) is 23.3 Å². The van der Waals surface area contributed by atoms with Crippen LogP contribution in [0.2, 0.25) is 0 Å². The SMILES string of the molecule is CCNC(=NCCN(CC)C1CC1)N1CCc2cc(OC)c(OC)cc2C1. The second kappa shape index (κ2) is 9.31. The Hall–Kier alpha value is -1.95. The van der Waals surface area contributed by atoms with Crippen LogP contribution in [0.3, 0.4) is 0 Å². The van der Waals surface area contributed by atoms with Crippen LogP contribution in [0.4, 0.5) is 0 Å². The van der Waals surface area contributed by atoms with Crippen LogP contribution < -0.4 is 14.8 Å². The molecule has 1 heterocycles. The maximum atomic E-state index is 5.48. The zero-order valence-electron chi connectivity index (χ0n) is 17.3. The summed E-state index contributed by atoms with van der Waals surface area (Å²) in [5, 5.41) is 3.47. The molecule has 0 saturated heterocycles. The first-order valence-electron chi connectivity index (χ1n) is 10.2. The van der Waals surface area contributed by atoms with E-state index >= 15 is 0 Å². The average molecular weight is 375 g/mol. The zero-order valence-corrected chi connectivity index (χ0v) is 17.3. The van der Waals surface area contributed by atoms with Gasteiger partial charge >= 0.3 is 0 Å². The number of hydrogen-bond acceptors (Lipinski definition) is 4. The van der Waals surface area contributed by atoms with Crippen molar-refractivity contribution >= 4 is 5.96 Å². The summed E-state index contributed by atoms with van der Waals surface area (Å²) in [7, 11) is 3.38. The Balaban J connectivity index is 1.68. The summed E-state index contributed by atoms with van der Waals surface area (Å²) in [4.78, 5) is 9.82. The third kappa shape index (κ3) is 4.86. The van der Waals surface area contributed by atoms with E-state index in [0.29, 0.717) is 0 Å². The van der Waals surface area contributed by atoms with Gasteiger partial charge in [0.2, 0.25) is 0 Å². The molecule has 0 aromatic heterocycles. The van der Waals surface area contributed by atoms with Gasteiger partial charge in [-0.2, -0.15) is 0 Å². The fourth-order valence-corrected chi connectivity index (χ4v) is 3.81. The molecule has 0 unspecified atom stereocenters. The molecule has 0 radical (unpaired) electrons. The molecule has 150 valence electrons. The van der Waals surface area contributed by atoms with Gasteiger partial charge < -0.3 is 19.7 Å². The average Bonchev–Trinajstić information content (AvgIpc) is 3.54. The number of guanidine groups is 1. The number of benzene rings is 1. The fraction of sp³-hybridized carbons (Fsp3) is 0.667. The zero-order chi connectivity index (χ0) is 19.2. The second-order valence-corrected chi connectivity index (χ2v) is 7.24. The Labute approximate surface area is 163 Å². The van der Waals surface area contributed by atoms with E-state index in [2.05, 4.69) is 41.1 Å². The minimum absolute atomic E-state index is 0.795. The Morgan fingerprint density at radius 3 is 2.48 bits per heavy atom. The monoisotopic (exact) mass is 374 g/mol. The standard InChI is InChI=1S/C21H34N4O2/c1-5-22-21(23-10-12-24(6-2)18-7-8-18)25-11-9-16-13-19(26-3)20(27-4)14-17(16)15-25/h13-14,18H,5-12,15H2,1-4H3,(H,22,23). The first kappa shape index (κ1) is 19.8. The molecule has 27 heavy (non-hydrogen) atoms. The predicted octanol–water partition coefficient (Wildman–Crippen LogP) is 2.51. The highest BCUT2D eigenvalue weighted by Gasteiger charge is 2.27. The van der Waals surface area contributed by atoms with Crippen LogP contribution in [-0.2, 0) is 13.0 Å². The van der Waals surface area contributed by atoms with Crippen molar-refractivity contribution in [2.45, 2.75) is 45.7 Å². The summed E-state index contributed by atoms with van der Waals surface area (Å²) in [6, 6.07) is 5.03. The molecule has 1 fully saturated rings. The first-order chi connectivity index (χ1) is 13.2. The van der Waals surface area contributed by atoms with E-state index in [4.69, 9.17) is 14.5 Å². The lowest BCUT2D eigenvalue weighted by molar-refractivity contribution is 0.285. The van der Waals surface area contributed by atoms with E-state index in [1.807, 2.05) is 0 Å². The molecule has 1 aliphatic heterocycles. The minimum Gasteiger partial charge on any atom is -0.493 e. The number of likely N-dealkylation sites (N-methyl/N-ethyl adjacent to an activating group) is 1. The summed E-state index contributed by atoms with van der Waals surface area (Å²) < 4.78 is 10.9. The number of methoxy groups -OCH3 is 2. The lowest BCUT2D eigenvalue weighted by atomic mass is 9.99. The summed E-state index contributed by atoms with van der Waals surface area (Å²) in [6.07, 6.45) is 3.70. The van der Waals surface area contributed by atoms with Gasteiger partial charge in [0.1, 0.15) is 0 Å². The van der Waals surface area contributed by atoms with Gasteiger partial charge in [-0.1, -0.05) is 6.92 Å². The Morgan fingerprint density at radius 2 is 1.89 bits per heavy atom. The van der Waals surface area contributed by atoms with Crippen LogP contribution in [0.15, 0.2) is 17.1 Å². The maximum absolute atomic E-state index is 5.48. The summed E-state index contributed by atoms with van der Waals surface area (Å²) in [6.45, 7) is 10.1. The number of ether oxygens (including phenoxy) is 2. The van der Waals surface area contributed by atoms with E-state index in [1.54, 1.807) is 14.2 Å². The largest absolute Gasteiger partial charge is 0.493 e. The number of fused-ring (bicyclic) bond motifs is 1. The van der Waals surface area contributed by atoms with Crippen LogP contribution in [0.5, 0.6) is 11.5 Å². The van der Waals surface area contributed by atoms with Crippen LogP contribution in [0, 0.1) is 0 Å². The van der Waals surface area contributed by atoms with Gasteiger partial charge in [-0.15, -0.1) is 0 Å². The lowest BCUT2D eigenvalue weighted by Gasteiger charge is -2.32. The van der Waals surface area contributed by atoms with Crippen LogP contribution in [-0.4, -0.2) is 68.7 Å². The normalized spacial score (nSPS) is 17.1. The number of hydrogen-bond donors (Lipinski definition) is 1. The van der Waals surface area contributed by atoms with Gasteiger partial charge in [0, 0.05) is 32.2 Å². The molecule has 1 saturated carbocycles. The third-order valence-electron chi connectivity index (χ3n) is 5.47. The number of rotatable bonds is 8. The van der Waals surface area contributed by atoms with E-state index in [-0.39, 0.29) is 0 Å². The van der Waals surface area contributed by atoms with Crippen molar-refractivity contribution in [3.63, 3.8) is 0 Å². The number of aliphatic imine (C=N–C) groups is 1. The van der Waals surface area contributed by atoms with Gasteiger partial charge in [0.05, 0.1) is 20.8 Å². The molecular weight excluding hydrogens is 340 g/mol. The smallest absolute Gasteiger partial charge is 0.194 e. The van der Waals surface area contributed by atoms with Crippen molar-refractivity contribution in [3.8, 4) is 11.5 Å². The van der Waals surface area contributed by atoms with E-state index in [1.165, 1.54) is 24.0 Å². The van der Waals surface area contributed by atoms with Crippen molar-refractivity contribution in [1.29, 1.82) is 0 Å². The maximum Gasteiger partial charge on any atom is 0.194 e. The van der Waals surface area contributed by atoms with Crippen LogP contribution >= 0.6 is 0 Å². The molecule has 0 atom stereocenters. The fourth-order valence-electron chi connectivity index (χ4n) is 3.81. The van der Waals surface area contributed by atoms with Crippen LogP contribution in [0.25, 0.3) is 0 Å². The van der Waals surface area contributed by atoms with Crippen molar-refractivity contribution in [2.75, 3.05) is 46.9 Å². The molecule has 0 spiro atoms. The van der Waals surface area contributed by atoms with Gasteiger partial charge in [-0.25, -0.2) is 0 Å². The topological polar surface area (TPSA) is 49.3 Å². The van der Waals surface area contributed by atoms with Gasteiger partial charge in [0.25, 0.3) is 0 Å². The predicted molar refractivity (Wildman–Crippen MR) is 110 cm³/mol. The molecule has 2 aliphatic rings. The van der Waals surface area contributed by atoms with Crippen molar-refractivity contribution < 1.29 is 9.47 Å². The van der Waals surface area contributed by atoms with Crippen molar-refractivity contribution in [2.24, 2.45) is 4.99 Å². The molecule has 1 aliphatic carbocycles. The molecule has 1 N–H and O–H groups in total. The van der Waals surface area contributed by atoms with E-state index < -0.39 is 0 Å². The second-order valence-electron chi connectivity index (χ2n) is 7.24. The highest BCUT2D eigenvalue weighted by Crippen LogP contribution is 2.33.